The van der Waals surface area contributed by atoms with E-state index in [1.165, 1.54) is 42.2 Å². The Bertz CT molecular complexity index is 970. The molecule has 0 radical (unpaired) electrons. The van der Waals surface area contributed by atoms with E-state index in [-0.39, 0.29) is 0 Å². The number of hydrogen-bond acceptors (Lipinski definition) is 5. The van der Waals surface area contributed by atoms with E-state index in [1.807, 2.05) is 12.1 Å². The molecule has 3 rings (SSSR count). The summed E-state index contributed by atoms with van der Waals surface area (Å²) in [5, 5.41) is 0. The Labute approximate surface area is 187 Å². The van der Waals surface area contributed by atoms with Crippen molar-refractivity contribution >= 4 is 9.84 Å². The van der Waals surface area contributed by atoms with Crippen LogP contribution in [-0.4, -0.2) is 53.9 Å². The van der Waals surface area contributed by atoms with Gasteiger partial charge in [0.25, 0.3) is 0 Å². The lowest BCUT2D eigenvalue weighted by atomic mass is 9.81. The average Bonchev–Trinajstić information content (AvgIpc) is 2.76. The van der Waals surface area contributed by atoms with Crippen molar-refractivity contribution in [2.24, 2.45) is 5.92 Å². The molecule has 1 atom stereocenters. The molecule has 0 saturated heterocycles. The number of fused-ring (bicyclic) bond motifs is 1. The fourth-order valence-corrected chi connectivity index (χ4v) is 5.02. The molecule has 0 aromatic heterocycles. The molecule has 1 aliphatic carbocycles. The van der Waals surface area contributed by atoms with Crippen LogP contribution < -0.4 is 9.47 Å². The highest BCUT2D eigenvalue weighted by Crippen LogP contribution is 2.36. The zero-order valence-corrected chi connectivity index (χ0v) is 20.0. The van der Waals surface area contributed by atoms with E-state index in [1.54, 1.807) is 26.4 Å². The number of ether oxygens (including phenoxy) is 2. The normalized spacial score (nSPS) is 16.2. The Kier molecular flexibility index (Phi) is 8.00. The first-order chi connectivity index (χ1) is 14.8. The van der Waals surface area contributed by atoms with Crippen LogP contribution in [0.2, 0.25) is 0 Å². The van der Waals surface area contributed by atoms with Crippen LogP contribution in [0.5, 0.6) is 11.5 Å². The van der Waals surface area contributed by atoms with Crippen LogP contribution in [-0.2, 0) is 29.1 Å². The van der Waals surface area contributed by atoms with Gasteiger partial charge in [-0.25, -0.2) is 8.42 Å². The van der Waals surface area contributed by atoms with Crippen LogP contribution in [0.25, 0.3) is 0 Å². The number of benzene rings is 2. The van der Waals surface area contributed by atoms with Crippen molar-refractivity contribution in [2.45, 2.75) is 43.4 Å². The summed E-state index contributed by atoms with van der Waals surface area (Å²) in [6.07, 6.45) is 8.07. The molecule has 31 heavy (non-hydrogen) atoms. The number of aryl methyl sites for hydroxylation is 1. The van der Waals surface area contributed by atoms with Gasteiger partial charge in [-0.3, -0.25) is 0 Å². The second kappa shape index (κ2) is 10.5. The first kappa shape index (κ1) is 23.6. The third-order valence-electron chi connectivity index (χ3n) is 6.32. The third kappa shape index (κ3) is 6.47. The van der Waals surface area contributed by atoms with E-state index in [0.29, 0.717) is 4.90 Å². The van der Waals surface area contributed by atoms with Gasteiger partial charge in [0.15, 0.2) is 21.3 Å². The Morgan fingerprint density at radius 2 is 1.65 bits per heavy atom. The molecule has 1 unspecified atom stereocenters. The van der Waals surface area contributed by atoms with Crippen LogP contribution in [0.1, 0.15) is 36.0 Å². The molecular weight excluding hydrogens is 410 g/mol. The number of methoxy groups -OCH3 is 2. The molecule has 0 saturated carbocycles. The van der Waals surface area contributed by atoms with Gasteiger partial charge in [0.2, 0.25) is 0 Å². The Hall–Kier alpha value is -2.05. The van der Waals surface area contributed by atoms with E-state index in [4.69, 9.17) is 9.47 Å². The molecule has 2 aromatic carbocycles. The SMILES string of the molecule is COc1cc2c(cc1OC)CC(CCCN(C)CCc1ccc(S(C)(=O)=O)cc1)CC2. The smallest absolute Gasteiger partial charge is 0.175 e. The lowest BCUT2D eigenvalue weighted by molar-refractivity contribution is 0.307. The van der Waals surface area contributed by atoms with E-state index in [9.17, 15) is 8.42 Å². The fourth-order valence-electron chi connectivity index (χ4n) is 4.39. The van der Waals surface area contributed by atoms with Gasteiger partial charge in [-0.1, -0.05) is 12.1 Å². The summed E-state index contributed by atoms with van der Waals surface area (Å²) in [6, 6.07) is 11.5. The van der Waals surface area contributed by atoms with Crippen LogP contribution >= 0.6 is 0 Å². The number of likely N-dealkylation sites (N-methyl/N-ethyl adjacent to an activating group) is 1. The van der Waals surface area contributed by atoms with Crippen LogP contribution in [0.15, 0.2) is 41.3 Å². The van der Waals surface area contributed by atoms with Crippen LogP contribution in [0.3, 0.4) is 0 Å². The van der Waals surface area contributed by atoms with Gasteiger partial charge < -0.3 is 14.4 Å². The summed E-state index contributed by atoms with van der Waals surface area (Å²) < 4.78 is 34.0. The molecule has 0 aliphatic heterocycles. The minimum atomic E-state index is -3.12. The number of hydrogen-bond donors (Lipinski definition) is 0. The predicted octanol–water partition coefficient (Wildman–Crippen LogP) is 4.17. The standard InChI is InChI=1S/C25H35NO4S/c1-26(15-13-19-8-11-23(12-9-19)31(4,27)28)14-5-6-20-7-10-21-17-24(29-2)25(30-3)18-22(21)16-20/h8-9,11-12,17-18,20H,5-7,10,13-16H2,1-4H3. The van der Waals surface area contributed by atoms with Crippen molar-refractivity contribution in [1.29, 1.82) is 0 Å². The maximum atomic E-state index is 11.6. The Morgan fingerprint density at radius 3 is 2.26 bits per heavy atom. The molecule has 0 heterocycles. The van der Waals surface area contributed by atoms with Crippen molar-refractivity contribution in [2.75, 3.05) is 40.6 Å². The first-order valence-electron chi connectivity index (χ1n) is 11.0. The van der Waals surface area contributed by atoms with Gasteiger partial charge in [-0.05, 0) is 99.0 Å². The molecule has 0 bridgehead atoms. The van der Waals surface area contributed by atoms with Crippen molar-refractivity contribution in [1.82, 2.24) is 4.90 Å². The first-order valence-corrected chi connectivity index (χ1v) is 12.9. The largest absolute Gasteiger partial charge is 0.493 e. The Balaban J connectivity index is 1.42. The summed E-state index contributed by atoms with van der Waals surface area (Å²) >= 11 is 0. The van der Waals surface area contributed by atoms with E-state index < -0.39 is 9.84 Å². The minimum Gasteiger partial charge on any atom is -0.493 e. The molecule has 0 amide bonds. The van der Waals surface area contributed by atoms with E-state index in [2.05, 4.69) is 24.1 Å². The molecule has 0 spiro atoms. The number of rotatable bonds is 10. The average molecular weight is 446 g/mol. The van der Waals surface area contributed by atoms with Crippen molar-refractivity contribution in [3.05, 3.63) is 53.1 Å². The predicted molar refractivity (Wildman–Crippen MR) is 125 cm³/mol. The van der Waals surface area contributed by atoms with Crippen molar-refractivity contribution in [3.8, 4) is 11.5 Å². The second-order valence-electron chi connectivity index (χ2n) is 8.70. The Morgan fingerprint density at radius 1 is 1.00 bits per heavy atom. The van der Waals surface area contributed by atoms with Crippen LogP contribution in [0, 0.1) is 5.92 Å². The molecule has 6 heteroatoms. The van der Waals surface area contributed by atoms with Gasteiger partial charge in [0.1, 0.15) is 0 Å². The minimum absolute atomic E-state index is 0.384. The zero-order valence-electron chi connectivity index (χ0n) is 19.2. The molecule has 5 nitrogen and oxygen atoms in total. The highest BCUT2D eigenvalue weighted by atomic mass is 32.2. The summed E-state index contributed by atoms with van der Waals surface area (Å²) in [5.74, 6) is 2.38. The lowest BCUT2D eigenvalue weighted by Crippen LogP contribution is -2.23. The molecule has 1 aliphatic rings. The molecule has 170 valence electrons. The fraction of sp³-hybridized carbons (Fsp3) is 0.520. The highest BCUT2D eigenvalue weighted by molar-refractivity contribution is 7.90. The summed E-state index contributed by atoms with van der Waals surface area (Å²) in [6.45, 7) is 2.05. The second-order valence-corrected chi connectivity index (χ2v) is 10.7. The topological polar surface area (TPSA) is 55.8 Å². The number of sulfone groups is 1. The molecule has 0 fully saturated rings. The molecule has 0 N–H and O–H groups in total. The summed E-state index contributed by atoms with van der Waals surface area (Å²) in [5.41, 5.74) is 3.97. The lowest BCUT2D eigenvalue weighted by Gasteiger charge is -2.26. The van der Waals surface area contributed by atoms with Crippen LogP contribution in [0.4, 0.5) is 0 Å². The van der Waals surface area contributed by atoms with Gasteiger partial charge in [0.05, 0.1) is 19.1 Å². The maximum absolute atomic E-state index is 11.6. The van der Waals surface area contributed by atoms with Crippen molar-refractivity contribution < 1.29 is 17.9 Å². The summed E-state index contributed by atoms with van der Waals surface area (Å²) in [4.78, 5) is 2.75. The summed E-state index contributed by atoms with van der Waals surface area (Å²) in [7, 11) is 2.43. The van der Waals surface area contributed by atoms with E-state index >= 15 is 0 Å². The highest BCUT2D eigenvalue weighted by Gasteiger charge is 2.21. The quantitative estimate of drug-likeness (QED) is 0.549. The van der Waals surface area contributed by atoms with Crippen molar-refractivity contribution in [3.63, 3.8) is 0 Å². The maximum Gasteiger partial charge on any atom is 0.175 e. The van der Waals surface area contributed by atoms with E-state index in [0.717, 1.165) is 49.8 Å². The zero-order chi connectivity index (χ0) is 22.4. The molecule has 2 aromatic rings. The molecular formula is C25H35NO4S. The van der Waals surface area contributed by atoms with Gasteiger partial charge in [-0.2, -0.15) is 0 Å². The third-order valence-corrected chi connectivity index (χ3v) is 7.45. The van der Waals surface area contributed by atoms with Gasteiger partial charge >= 0.3 is 0 Å². The monoisotopic (exact) mass is 445 g/mol. The van der Waals surface area contributed by atoms with Gasteiger partial charge in [0, 0.05) is 12.8 Å². The number of nitrogens with zero attached hydrogens (tertiary/aromatic N) is 1. The van der Waals surface area contributed by atoms with Gasteiger partial charge in [-0.15, -0.1) is 0 Å².